The summed E-state index contributed by atoms with van der Waals surface area (Å²) >= 11 is 1.46. The number of aliphatic hydroxyl groups is 1. The zero-order chi connectivity index (χ0) is 29.7. The van der Waals surface area contributed by atoms with E-state index in [9.17, 15) is 24.6 Å². The highest BCUT2D eigenvalue weighted by molar-refractivity contribution is 8.00. The molecular formula is C32H37N3O5S. The second-order valence-electron chi connectivity index (χ2n) is 11.0. The van der Waals surface area contributed by atoms with Crippen LogP contribution in [0, 0.1) is 13.8 Å². The number of rotatable bonds is 9. The second kappa shape index (κ2) is 12.8. The highest BCUT2D eigenvalue weighted by Gasteiger charge is 2.49. The van der Waals surface area contributed by atoms with Crippen molar-refractivity contribution in [2.75, 3.05) is 5.88 Å². The van der Waals surface area contributed by atoms with Gasteiger partial charge in [-0.15, -0.1) is 11.8 Å². The Bertz CT molecular complexity index is 1410. The molecule has 4 rings (SSSR count). The molecule has 0 radical (unpaired) electrons. The lowest BCUT2D eigenvalue weighted by Gasteiger charge is -2.33. The average molecular weight is 576 g/mol. The number of phenolic OH excluding ortho intramolecular Hbond substituents is 1. The minimum Gasteiger partial charge on any atom is -0.508 e. The molecular weight excluding hydrogens is 538 g/mol. The van der Waals surface area contributed by atoms with E-state index < -0.39 is 34.7 Å². The van der Waals surface area contributed by atoms with Gasteiger partial charge in [0, 0.05) is 22.4 Å². The van der Waals surface area contributed by atoms with E-state index in [1.54, 1.807) is 19.1 Å². The summed E-state index contributed by atoms with van der Waals surface area (Å²) in [5.41, 5.74) is 3.50. The third-order valence-corrected chi connectivity index (χ3v) is 8.80. The minimum absolute atomic E-state index is 0.0234. The molecule has 1 aliphatic heterocycles. The van der Waals surface area contributed by atoms with Crippen molar-refractivity contribution in [3.05, 3.63) is 101 Å². The van der Waals surface area contributed by atoms with E-state index in [0.29, 0.717) is 12.1 Å². The summed E-state index contributed by atoms with van der Waals surface area (Å²) in [6.45, 7) is 7.74. The quantitative estimate of drug-likeness (QED) is 0.309. The number of benzene rings is 3. The minimum atomic E-state index is -1.61. The first kappa shape index (κ1) is 30.1. The smallest absolute Gasteiger partial charge is 0.254 e. The molecule has 0 unspecified atom stereocenters. The van der Waals surface area contributed by atoms with Crippen LogP contribution in [0.4, 0.5) is 0 Å². The molecule has 0 spiro atoms. The molecule has 1 fully saturated rings. The number of amides is 3. The maximum Gasteiger partial charge on any atom is 0.254 e. The molecule has 3 amide bonds. The Balaban J connectivity index is 1.55. The van der Waals surface area contributed by atoms with Gasteiger partial charge in [-0.2, -0.15) is 0 Å². The van der Waals surface area contributed by atoms with Crippen molar-refractivity contribution in [2.24, 2.45) is 0 Å². The topological polar surface area (TPSA) is 119 Å². The third-order valence-electron chi connectivity index (χ3n) is 7.43. The van der Waals surface area contributed by atoms with Crippen LogP contribution in [0.25, 0.3) is 0 Å². The summed E-state index contributed by atoms with van der Waals surface area (Å²) < 4.78 is -0.594. The van der Waals surface area contributed by atoms with Gasteiger partial charge in [-0.05, 0) is 57.4 Å². The Morgan fingerprint density at radius 2 is 1.68 bits per heavy atom. The fraction of sp³-hybridized carbons (Fsp3) is 0.344. The Morgan fingerprint density at radius 3 is 2.39 bits per heavy atom. The van der Waals surface area contributed by atoms with Gasteiger partial charge in [0.15, 0.2) is 6.10 Å². The molecule has 9 heteroatoms. The van der Waals surface area contributed by atoms with Gasteiger partial charge in [-0.1, -0.05) is 66.2 Å². The molecule has 216 valence electrons. The van der Waals surface area contributed by atoms with Crippen molar-refractivity contribution in [3.8, 4) is 5.75 Å². The van der Waals surface area contributed by atoms with Crippen LogP contribution in [0.15, 0.2) is 72.8 Å². The molecule has 8 nitrogen and oxygen atoms in total. The van der Waals surface area contributed by atoms with Gasteiger partial charge in [0.05, 0.1) is 11.9 Å². The maximum absolute atomic E-state index is 13.8. The molecule has 41 heavy (non-hydrogen) atoms. The first-order chi connectivity index (χ1) is 19.5. The van der Waals surface area contributed by atoms with Crippen LogP contribution in [-0.4, -0.2) is 61.6 Å². The van der Waals surface area contributed by atoms with Gasteiger partial charge < -0.3 is 25.7 Å². The maximum atomic E-state index is 13.8. The van der Waals surface area contributed by atoms with Crippen molar-refractivity contribution >= 4 is 29.5 Å². The summed E-state index contributed by atoms with van der Waals surface area (Å²) in [5.74, 6) is -1.25. The number of thioether (sulfide) groups is 1. The summed E-state index contributed by atoms with van der Waals surface area (Å²) in [7, 11) is 0. The Morgan fingerprint density at radius 1 is 1.00 bits per heavy atom. The number of hydrogen-bond donors (Lipinski definition) is 4. The van der Waals surface area contributed by atoms with Gasteiger partial charge in [0.25, 0.3) is 11.8 Å². The van der Waals surface area contributed by atoms with Gasteiger partial charge >= 0.3 is 0 Å². The van der Waals surface area contributed by atoms with Crippen LogP contribution in [0.1, 0.15) is 46.5 Å². The molecule has 1 aliphatic rings. The van der Waals surface area contributed by atoms with E-state index in [4.69, 9.17) is 0 Å². The fourth-order valence-corrected chi connectivity index (χ4v) is 6.23. The second-order valence-corrected chi connectivity index (χ2v) is 12.6. The lowest BCUT2D eigenvalue weighted by Crippen LogP contribution is -2.58. The molecule has 1 saturated heterocycles. The number of carbonyl (C=O) groups excluding carboxylic acids is 3. The molecule has 1 heterocycles. The monoisotopic (exact) mass is 575 g/mol. The number of nitrogens with one attached hydrogen (secondary N) is 2. The van der Waals surface area contributed by atoms with E-state index in [-0.39, 0.29) is 29.5 Å². The van der Waals surface area contributed by atoms with Gasteiger partial charge in [-0.25, -0.2) is 0 Å². The van der Waals surface area contributed by atoms with Crippen molar-refractivity contribution in [1.82, 2.24) is 15.5 Å². The number of phenols is 1. The van der Waals surface area contributed by atoms with Crippen molar-refractivity contribution in [1.29, 1.82) is 0 Å². The number of aryl methyl sites for hydroxylation is 1. The zero-order valence-electron chi connectivity index (χ0n) is 23.8. The van der Waals surface area contributed by atoms with Crippen LogP contribution in [0.2, 0.25) is 0 Å². The Labute approximate surface area is 245 Å². The molecule has 3 aromatic rings. The van der Waals surface area contributed by atoms with E-state index >= 15 is 0 Å². The van der Waals surface area contributed by atoms with Crippen LogP contribution >= 0.6 is 11.8 Å². The van der Waals surface area contributed by atoms with Crippen molar-refractivity contribution < 1.29 is 24.6 Å². The number of aliphatic hydroxyl groups excluding tert-OH is 1. The van der Waals surface area contributed by atoms with Gasteiger partial charge in [0.2, 0.25) is 5.91 Å². The first-order valence-corrected chi connectivity index (χ1v) is 14.6. The number of aromatic hydroxyl groups is 1. The van der Waals surface area contributed by atoms with Gasteiger partial charge in [-0.3, -0.25) is 14.4 Å². The van der Waals surface area contributed by atoms with E-state index in [1.165, 1.54) is 22.7 Å². The summed E-state index contributed by atoms with van der Waals surface area (Å²) in [5, 5.41) is 27.3. The highest BCUT2D eigenvalue weighted by atomic mass is 32.2. The Hall–Kier alpha value is -3.82. The van der Waals surface area contributed by atoms with Gasteiger partial charge in [0.1, 0.15) is 11.8 Å². The number of hydrogen-bond acceptors (Lipinski definition) is 6. The standard InChI is InChI=1S/C32H37N3O5S/c1-20-10-8-13-23(16-20)18-33-30(39)28-32(3,4)41-19-35(28)31(40)27(37)25(17-22-11-6-5-7-12-22)34-29(38)24-14-9-15-26(36)21(24)2/h5-16,25,27-28,36-37H,17-19H2,1-4H3,(H,33,39)(H,34,38)/t25-,27-,28+/m0/s1. The molecule has 0 aromatic heterocycles. The average Bonchev–Trinajstić information content (AvgIpc) is 3.27. The van der Waals surface area contributed by atoms with E-state index in [1.807, 2.05) is 75.4 Å². The molecule has 0 aliphatic carbocycles. The molecule has 3 atom stereocenters. The zero-order valence-corrected chi connectivity index (χ0v) is 24.6. The molecule has 4 N–H and O–H groups in total. The highest BCUT2D eigenvalue weighted by Crippen LogP contribution is 2.40. The van der Waals surface area contributed by atoms with E-state index in [0.717, 1.165) is 16.7 Å². The fourth-order valence-electron chi connectivity index (χ4n) is 5.09. The van der Waals surface area contributed by atoms with E-state index in [2.05, 4.69) is 10.6 Å². The predicted octanol–water partition coefficient (Wildman–Crippen LogP) is 3.71. The van der Waals surface area contributed by atoms with Crippen LogP contribution < -0.4 is 10.6 Å². The largest absolute Gasteiger partial charge is 0.508 e. The first-order valence-electron chi connectivity index (χ1n) is 13.6. The summed E-state index contributed by atoms with van der Waals surface area (Å²) in [6, 6.07) is 19.9. The van der Waals surface area contributed by atoms with Crippen LogP contribution in [0.3, 0.4) is 0 Å². The number of carbonyl (C=O) groups is 3. The van der Waals surface area contributed by atoms with Crippen LogP contribution in [0.5, 0.6) is 5.75 Å². The molecule has 0 bridgehead atoms. The predicted molar refractivity (Wildman–Crippen MR) is 160 cm³/mol. The molecule has 3 aromatic carbocycles. The lowest BCUT2D eigenvalue weighted by molar-refractivity contribution is -0.147. The normalized spacial score (nSPS) is 17.5. The van der Waals surface area contributed by atoms with Crippen molar-refractivity contribution in [2.45, 2.75) is 63.6 Å². The molecule has 0 saturated carbocycles. The van der Waals surface area contributed by atoms with Crippen LogP contribution in [-0.2, 0) is 22.6 Å². The summed E-state index contributed by atoms with van der Waals surface area (Å²) in [6.07, 6.45) is -1.43. The summed E-state index contributed by atoms with van der Waals surface area (Å²) in [4.78, 5) is 42.0. The Kier molecular flexibility index (Phi) is 9.40. The SMILES string of the molecule is Cc1cccc(CNC(=O)[C@H]2N(C(=O)[C@@H](O)[C@H](Cc3ccccc3)NC(=O)c3cccc(O)c3C)CSC2(C)C)c1. The third kappa shape index (κ3) is 7.10. The lowest BCUT2D eigenvalue weighted by atomic mass is 9.96. The number of nitrogens with zero attached hydrogens (tertiary/aromatic N) is 1. The van der Waals surface area contributed by atoms with Crippen molar-refractivity contribution in [3.63, 3.8) is 0 Å².